The Hall–Kier alpha value is -1.69. The van der Waals surface area contributed by atoms with E-state index in [1.54, 1.807) is 24.8 Å². The normalized spacial score (nSPS) is 10.5. The fourth-order valence-corrected chi connectivity index (χ4v) is 2.16. The molecule has 0 fully saturated rings. The SMILES string of the molecule is COc1ncccc1Cn1c(C)c(Br)c(C)nc1=O. The number of aryl methyl sites for hydroxylation is 1. The first kappa shape index (κ1) is 13.7. The van der Waals surface area contributed by atoms with Crippen LogP contribution < -0.4 is 10.4 Å². The Morgan fingerprint density at radius 2 is 2.16 bits per heavy atom. The van der Waals surface area contributed by atoms with Crippen molar-refractivity contribution in [1.82, 2.24) is 14.5 Å². The van der Waals surface area contributed by atoms with E-state index >= 15 is 0 Å². The van der Waals surface area contributed by atoms with Gasteiger partial charge in [-0.05, 0) is 35.8 Å². The van der Waals surface area contributed by atoms with Crippen LogP contribution >= 0.6 is 15.9 Å². The average Bonchev–Trinajstić information content (AvgIpc) is 2.41. The molecule has 0 amide bonds. The number of pyridine rings is 1. The predicted octanol–water partition coefficient (Wildman–Crippen LogP) is 2.07. The maximum Gasteiger partial charge on any atom is 0.348 e. The van der Waals surface area contributed by atoms with Crippen LogP contribution in [0.3, 0.4) is 0 Å². The van der Waals surface area contributed by atoms with Gasteiger partial charge in [0.05, 0.1) is 23.8 Å². The van der Waals surface area contributed by atoms with Crippen LogP contribution in [0, 0.1) is 13.8 Å². The molecule has 0 bridgehead atoms. The molecule has 6 heteroatoms. The molecule has 0 aliphatic carbocycles. The molecular formula is C13H14BrN3O2. The van der Waals surface area contributed by atoms with E-state index in [0.717, 1.165) is 15.7 Å². The van der Waals surface area contributed by atoms with Gasteiger partial charge in [0.25, 0.3) is 0 Å². The van der Waals surface area contributed by atoms with Gasteiger partial charge in [-0.25, -0.2) is 9.78 Å². The van der Waals surface area contributed by atoms with Crippen molar-refractivity contribution >= 4 is 15.9 Å². The Bertz CT molecular complexity index is 667. The summed E-state index contributed by atoms with van der Waals surface area (Å²) in [4.78, 5) is 20.1. The summed E-state index contributed by atoms with van der Waals surface area (Å²) in [6.07, 6.45) is 1.65. The van der Waals surface area contributed by atoms with Gasteiger partial charge in [-0.2, -0.15) is 4.98 Å². The standard InChI is InChI=1S/C13H14BrN3O2/c1-8-11(14)9(2)17(13(18)16-8)7-10-5-4-6-15-12(10)19-3/h4-6H,7H2,1-3H3. The highest BCUT2D eigenvalue weighted by Crippen LogP contribution is 2.19. The molecule has 5 nitrogen and oxygen atoms in total. The van der Waals surface area contributed by atoms with Crippen LogP contribution in [-0.4, -0.2) is 21.6 Å². The first-order chi connectivity index (χ1) is 9.04. The molecule has 0 unspecified atom stereocenters. The van der Waals surface area contributed by atoms with Crippen molar-refractivity contribution in [2.45, 2.75) is 20.4 Å². The van der Waals surface area contributed by atoms with Crippen LogP contribution in [0.4, 0.5) is 0 Å². The van der Waals surface area contributed by atoms with Gasteiger partial charge in [0.15, 0.2) is 0 Å². The molecule has 0 spiro atoms. The second-order valence-corrected chi connectivity index (χ2v) is 4.93. The Morgan fingerprint density at radius 1 is 1.42 bits per heavy atom. The van der Waals surface area contributed by atoms with E-state index in [4.69, 9.17) is 4.74 Å². The van der Waals surface area contributed by atoms with Gasteiger partial charge in [-0.1, -0.05) is 6.07 Å². The highest BCUT2D eigenvalue weighted by atomic mass is 79.9. The van der Waals surface area contributed by atoms with Gasteiger partial charge in [0.1, 0.15) is 0 Å². The van der Waals surface area contributed by atoms with Gasteiger partial charge in [0, 0.05) is 17.5 Å². The molecule has 2 rings (SSSR count). The zero-order valence-electron chi connectivity index (χ0n) is 11.0. The second-order valence-electron chi connectivity index (χ2n) is 4.14. The number of ether oxygens (including phenoxy) is 1. The lowest BCUT2D eigenvalue weighted by atomic mass is 10.2. The van der Waals surface area contributed by atoms with Crippen molar-refractivity contribution < 1.29 is 4.74 Å². The van der Waals surface area contributed by atoms with Gasteiger partial charge in [-0.15, -0.1) is 0 Å². The molecule has 0 aliphatic rings. The van der Waals surface area contributed by atoms with E-state index < -0.39 is 0 Å². The van der Waals surface area contributed by atoms with Crippen molar-refractivity contribution in [3.63, 3.8) is 0 Å². The minimum Gasteiger partial charge on any atom is -0.481 e. The zero-order valence-corrected chi connectivity index (χ0v) is 12.6. The molecule has 0 saturated heterocycles. The van der Waals surface area contributed by atoms with Crippen LogP contribution in [0.5, 0.6) is 5.88 Å². The number of methoxy groups -OCH3 is 1. The van der Waals surface area contributed by atoms with E-state index in [9.17, 15) is 4.79 Å². The van der Waals surface area contributed by atoms with Gasteiger partial charge < -0.3 is 4.74 Å². The summed E-state index contributed by atoms with van der Waals surface area (Å²) in [5.41, 5.74) is 2.09. The number of hydrogen-bond donors (Lipinski definition) is 0. The Balaban J connectivity index is 2.50. The lowest BCUT2D eigenvalue weighted by molar-refractivity contribution is 0.390. The average molecular weight is 324 g/mol. The van der Waals surface area contributed by atoms with Crippen LogP contribution in [0.2, 0.25) is 0 Å². The van der Waals surface area contributed by atoms with Gasteiger partial charge in [0.2, 0.25) is 5.88 Å². The van der Waals surface area contributed by atoms with Crippen LogP contribution in [0.1, 0.15) is 17.0 Å². The minimum absolute atomic E-state index is 0.274. The molecule has 0 radical (unpaired) electrons. The molecule has 2 heterocycles. The largest absolute Gasteiger partial charge is 0.481 e. The first-order valence-electron chi connectivity index (χ1n) is 5.76. The van der Waals surface area contributed by atoms with E-state index in [1.165, 1.54) is 0 Å². The van der Waals surface area contributed by atoms with Crippen molar-refractivity contribution in [3.05, 3.63) is 50.2 Å². The molecule has 2 aromatic rings. The molecule has 100 valence electrons. The smallest absolute Gasteiger partial charge is 0.348 e. The molecule has 19 heavy (non-hydrogen) atoms. The van der Waals surface area contributed by atoms with Gasteiger partial charge in [-0.3, -0.25) is 4.57 Å². The monoisotopic (exact) mass is 323 g/mol. The van der Waals surface area contributed by atoms with E-state index in [2.05, 4.69) is 25.9 Å². The number of hydrogen-bond acceptors (Lipinski definition) is 4. The summed E-state index contributed by atoms with van der Waals surface area (Å²) in [5.74, 6) is 0.519. The van der Waals surface area contributed by atoms with Crippen molar-refractivity contribution in [3.8, 4) is 5.88 Å². The Labute approximate surface area is 119 Å². The van der Waals surface area contributed by atoms with Crippen molar-refractivity contribution in [2.24, 2.45) is 0 Å². The summed E-state index contributed by atoms with van der Waals surface area (Å²) in [5, 5.41) is 0. The number of halogens is 1. The predicted molar refractivity (Wildman–Crippen MR) is 75.6 cm³/mol. The fraction of sp³-hybridized carbons (Fsp3) is 0.308. The van der Waals surface area contributed by atoms with Crippen LogP contribution in [0.25, 0.3) is 0 Å². The number of aromatic nitrogens is 3. The van der Waals surface area contributed by atoms with Gasteiger partial charge >= 0.3 is 5.69 Å². The minimum atomic E-state index is -0.274. The zero-order chi connectivity index (χ0) is 14.0. The molecular weight excluding hydrogens is 310 g/mol. The maximum atomic E-state index is 12.0. The van der Waals surface area contributed by atoms with E-state index in [0.29, 0.717) is 18.1 Å². The fourth-order valence-electron chi connectivity index (χ4n) is 1.86. The topological polar surface area (TPSA) is 57.0 Å². The van der Waals surface area contributed by atoms with Crippen LogP contribution in [0.15, 0.2) is 27.6 Å². The third-order valence-corrected chi connectivity index (χ3v) is 4.05. The second kappa shape index (κ2) is 5.52. The third-order valence-electron chi connectivity index (χ3n) is 2.91. The van der Waals surface area contributed by atoms with Crippen LogP contribution in [-0.2, 0) is 6.54 Å². The van der Waals surface area contributed by atoms with Crippen molar-refractivity contribution in [1.29, 1.82) is 0 Å². The van der Waals surface area contributed by atoms with E-state index in [-0.39, 0.29) is 5.69 Å². The summed E-state index contributed by atoms with van der Waals surface area (Å²) < 4.78 is 7.63. The quantitative estimate of drug-likeness (QED) is 0.867. The number of nitrogens with zero attached hydrogens (tertiary/aromatic N) is 3. The maximum absolute atomic E-state index is 12.0. The lowest BCUT2D eigenvalue weighted by Crippen LogP contribution is -2.27. The molecule has 0 atom stereocenters. The summed E-state index contributed by atoms with van der Waals surface area (Å²) >= 11 is 3.44. The highest BCUT2D eigenvalue weighted by Gasteiger charge is 2.12. The highest BCUT2D eigenvalue weighted by molar-refractivity contribution is 9.10. The summed E-state index contributed by atoms with van der Waals surface area (Å²) in [6.45, 7) is 4.06. The first-order valence-corrected chi connectivity index (χ1v) is 6.55. The molecule has 0 aromatic carbocycles. The Morgan fingerprint density at radius 3 is 2.84 bits per heavy atom. The molecule has 0 N–H and O–H groups in total. The summed E-state index contributed by atoms with van der Waals surface area (Å²) in [6, 6.07) is 3.69. The van der Waals surface area contributed by atoms with E-state index in [1.807, 2.05) is 19.1 Å². The lowest BCUT2D eigenvalue weighted by Gasteiger charge is -2.13. The molecule has 2 aromatic heterocycles. The Kier molecular flexibility index (Phi) is 3.99. The third kappa shape index (κ3) is 2.68. The molecule has 0 saturated carbocycles. The summed E-state index contributed by atoms with van der Waals surface area (Å²) in [7, 11) is 1.56. The number of rotatable bonds is 3. The molecule has 0 aliphatic heterocycles. The van der Waals surface area contributed by atoms with Crippen molar-refractivity contribution in [2.75, 3.05) is 7.11 Å².